The summed E-state index contributed by atoms with van der Waals surface area (Å²) in [7, 11) is -2.02. The number of rotatable bonds is 6. The van der Waals surface area contributed by atoms with E-state index in [-0.39, 0.29) is 24.0 Å². The molecule has 0 bridgehead atoms. The van der Waals surface area contributed by atoms with Crippen molar-refractivity contribution < 1.29 is 33.1 Å². The molecule has 0 saturated carbocycles. The molecule has 1 aliphatic rings. The molecular weight excluding hydrogens is 542 g/mol. The smallest absolute Gasteiger partial charge is 0.408 e. The molecule has 0 saturated heterocycles. The molecule has 11 heteroatoms. The van der Waals surface area contributed by atoms with Crippen LogP contribution < -0.4 is 20.4 Å². The van der Waals surface area contributed by atoms with Crippen molar-refractivity contribution in [2.24, 2.45) is 5.92 Å². The molecule has 0 aromatic heterocycles. The number of ether oxygens (including phenoxy) is 2. The van der Waals surface area contributed by atoms with E-state index in [1.165, 1.54) is 12.2 Å². The molecule has 3 atom stereocenters. The summed E-state index contributed by atoms with van der Waals surface area (Å²) in [5, 5.41) is 8.10. The third-order valence-electron chi connectivity index (χ3n) is 6.98. The summed E-state index contributed by atoms with van der Waals surface area (Å²) in [6.07, 6.45) is 2.04. The van der Waals surface area contributed by atoms with Crippen molar-refractivity contribution in [3.63, 3.8) is 0 Å². The maximum atomic E-state index is 13.2. The standard InChI is InChI=1S/C30H47N3O7Si/c1-19(2)25-26(35)32-23(17-20-11-14-22(15-12-20)40-41(9,10)30(6,7)8)27(36)38-18-21(13-16-24(34)33-25)31-28(37)39-29(3,4)5/h11-16,19,21,23,25H,17-18H2,1-10H3,(H,31,37)(H,32,35)(H,33,34)/b16-13+/t21-,23+,25+/m1/s1. The number of cyclic esters (lactones) is 1. The minimum atomic E-state index is -2.02. The Morgan fingerprint density at radius 3 is 2.20 bits per heavy atom. The number of alkyl carbamates (subject to hydrolysis) is 1. The monoisotopic (exact) mass is 589 g/mol. The van der Waals surface area contributed by atoms with E-state index in [9.17, 15) is 19.2 Å². The molecule has 0 radical (unpaired) electrons. The Hall–Kier alpha value is -3.34. The highest BCUT2D eigenvalue weighted by Crippen LogP contribution is 2.37. The van der Waals surface area contributed by atoms with Crippen LogP contribution in [0.3, 0.4) is 0 Å². The maximum absolute atomic E-state index is 13.2. The molecule has 1 heterocycles. The quantitative estimate of drug-likeness (QED) is 0.334. The molecule has 41 heavy (non-hydrogen) atoms. The van der Waals surface area contributed by atoms with Gasteiger partial charge in [-0.05, 0) is 62.5 Å². The van der Waals surface area contributed by atoms with Gasteiger partial charge in [-0.15, -0.1) is 0 Å². The lowest BCUT2D eigenvalue weighted by Gasteiger charge is -2.36. The second-order valence-corrected chi connectivity index (χ2v) is 18.0. The molecule has 1 aromatic rings. The predicted molar refractivity (Wildman–Crippen MR) is 160 cm³/mol. The molecule has 228 valence electrons. The Bertz CT molecular complexity index is 1120. The van der Waals surface area contributed by atoms with Crippen molar-refractivity contribution in [2.75, 3.05) is 6.61 Å². The van der Waals surface area contributed by atoms with Gasteiger partial charge >= 0.3 is 12.1 Å². The summed E-state index contributed by atoms with van der Waals surface area (Å²) in [6.45, 7) is 19.3. The Morgan fingerprint density at radius 2 is 1.66 bits per heavy atom. The Kier molecular flexibility index (Phi) is 11.2. The molecular formula is C30H47N3O7Si. The van der Waals surface area contributed by atoms with Crippen molar-refractivity contribution >= 4 is 32.2 Å². The van der Waals surface area contributed by atoms with Gasteiger partial charge in [-0.3, -0.25) is 9.59 Å². The molecule has 1 aliphatic heterocycles. The van der Waals surface area contributed by atoms with Crippen LogP contribution in [0.25, 0.3) is 0 Å². The van der Waals surface area contributed by atoms with Crippen LogP contribution >= 0.6 is 0 Å². The average molecular weight is 590 g/mol. The van der Waals surface area contributed by atoms with Gasteiger partial charge in [0, 0.05) is 12.5 Å². The number of amides is 3. The summed E-state index contributed by atoms with van der Waals surface area (Å²) in [6, 6.07) is 4.69. The van der Waals surface area contributed by atoms with E-state index in [0.29, 0.717) is 0 Å². The Morgan fingerprint density at radius 1 is 1.05 bits per heavy atom. The predicted octanol–water partition coefficient (Wildman–Crippen LogP) is 4.25. The fourth-order valence-corrected chi connectivity index (χ4v) is 4.68. The minimum Gasteiger partial charge on any atom is -0.544 e. The number of hydrogen-bond donors (Lipinski definition) is 3. The van der Waals surface area contributed by atoms with Crippen LogP contribution in [0, 0.1) is 5.92 Å². The molecule has 0 aliphatic carbocycles. The Labute approximate surface area is 245 Å². The number of nitrogens with one attached hydrogen (secondary N) is 3. The minimum absolute atomic E-state index is 0.0428. The fourth-order valence-electron chi connectivity index (χ4n) is 3.65. The van der Waals surface area contributed by atoms with E-state index in [1.807, 2.05) is 24.3 Å². The van der Waals surface area contributed by atoms with Gasteiger partial charge in [0.25, 0.3) is 0 Å². The molecule has 3 amide bonds. The van der Waals surface area contributed by atoms with Gasteiger partial charge < -0.3 is 29.9 Å². The average Bonchev–Trinajstić information content (AvgIpc) is 2.81. The van der Waals surface area contributed by atoms with Crippen molar-refractivity contribution in [3.05, 3.63) is 42.0 Å². The number of hydrogen-bond acceptors (Lipinski definition) is 7. The molecule has 3 N–H and O–H groups in total. The molecule has 2 rings (SSSR count). The summed E-state index contributed by atoms with van der Waals surface area (Å²) >= 11 is 0. The lowest BCUT2D eigenvalue weighted by molar-refractivity contribution is -0.148. The van der Waals surface area contributed by atoms with Crippen LogP contribution in [0.15, 0.2) is 36.4 Å². The van der Waals surface area contributed by atoms with Crippen LogP contribution in [-0.2, 0) is 30.3 Å². The SMILES string of the molecule is CC(C)[C@@H]1NC(=O)/C=C/[C@@H](NC(=O)OC(C)(C)C)COC(=O)[C@H](Cc2ccc(O[Si](C)(C)C(C)(C)C)cc2)NC1=O. The third-order valence-corrected chi connectivity index (χ3v) is 11.3. The van der Waals surface area contributed by atoms with Crippen LogP contribution in [0.5, 0.6) is 5.75 Å². The molecule has 10 nitrogen and oxygen atoms in total. The zero-order valence-electron chi connectivity index (χ0n) is 26.0. The van der Waals surface area contributed by atoms with Crippen molar-refractivity contribution in [3.8, 4) is 5.75 Å². The van der Waals surface area contributed by atoms with Crippen molar-refractivity contribution in [1.82, 2.24) is 16.0 Å². The van der Waals surface area contributed by atoms with E-state index in [4.69, 9.17) is 13.9 Å². The highest BCUT2D eigenvalue weighted by atomic mass is 28.4. The fraction of sp³-hybridized carbons (Fsp3) is 0.600. The zero-order valence-corrected chi connectivity index (χ0v) is 27.0. The largest absolute Gasteiger partial charge is 0.544 e. The van der Waals surface area contributed by atoms with Crippen LogP contribution in [-0.4, -0.2) is 62.5 Å². The van der Waals surface area contributed by atoms with E-state index in [1.54, 1.807) is 34.6 Å². The first kappa shape index (κ1) is 33.9. The summed E-state index contributed by atoms with van der Waals surface area (Å²) in [5.74, 6) is -1.19. The normalized spacial score (nSPS) is 21.9. The van der Waals surface area contributed by atoms with E-state index in [0.717, 1.165) is 11.3 Å². The summed E-state index contributed by atoms with van der Waals surface area (Å²) in [4.78, 5) is 51.4. The number of carbonyl (C=O) groups excluding carboxylic acids is 4. The number of carbonyl (C=O) groups is 4. The number of esters is 1. The molecule has 0 unspecified atom stereocenters. The zero-order chi connectivity index (χ0) is 31.2. The van der Waals surface area contributed by atoms with E-state index in [2.05, 4.69) is 49.8 Å². The van der Waals surface area contributed by atoms with Crippen LogP contribution in [0.1, 0.15) is 61.0 Å². The van der Waals surface area contributed by atoms with Crippen molar-refractivity contribution in [2.45, 2.75) is 104 Å². The molecule has 1 aromatic carbocycles. The first-order valence-electron chi connectivity index (χ1n) is 14.0. The van der Waals surface area contributed by atoms with Crippen LogP contribution in [0.2, 0.25) is 18.1 Å². The third kappa shape index (κ3) is 10.9. The van der Waals surface area contributed by atoms with Gasteiger partial charge in [0.05, 0.1) is 6.04 Å². The van der Waals surface area contributed by atoms with Crippen LogP contribution in [0.4, 0.5) is 4.79 Å². The van der Waals surface area contributed by atoms with Gasteiger partial charge in [0.15, 0.2) is 0 Å². The van der Waals surface area contributed by atoms with E-state index >= 15 is 0 Å². The van der Waals surface area contributed by atoms with Gasteiger partial charge in [0.2, 0.25) is 20.1 Å². The topological polar surface area (TPSA) is 132 Å². The first-order valence-corrected chi connectivity index (χ1v) is 16.9. The lowest BCUT2D eigenvalue weighted by atomic mass is 10.0. The van der Waals surface area contributed by atoms with E-state index < -0.39 is 55.9 Å². The first-order chi connectivity index (χ1) is 18.8. The highest BCUT2D eigenvalue weighted by Gasteiger charge is 2.39. The summed E-state index contributed by atoms with van der Waals surface area (Å²) in [5.41, 5.74) is 0.0497. The van der Waals surface area contributed by atoms with Gasteiger partial charge in [-0.25, -0.2) is 9.59 Å². The molecule has 0 spiro atoms. The summed E-state index contributed by atoms with van der Waals surface area (Å²) < 4.78 is 17.2. The van der Waals surface area contributed by atoms with Gasteiger partial charge in [-0.1, -0.05) is 52.8 Å². The van der Waals surface area contributed by atoms with Crippen molar-refractivity contribution in [1.29, 1.82) is 0 Å². The lowest BCUT2D eigenvalue weighted by Crippen LogP contribution is -2.55. The Balaban J connectivity index is 2.28. The highest BCUT2D eigenvalue weighted by molar-refractivity contribution is 6.74. The second-order valence-electron chi connectivity index (χ2n) is 13.2. The second kappa shape index (κ2) is 13.5. The molecule has 0 fully saturated rings. The van der Waals surface area contributed by atoms with Gasteiger partial charge in [0.1, 0.15) is 30.0 Å². The van der Waals surface area contributed by atoms with Gasteiger partial charge in [-0.2, -0.15) is 0 Å². The maximum Gasteiger partial charge on any atom is 0.408 e. The number of benzene rings is 1.